The van der Waals surface area contributed by atoms with Gasteiger partial charge in [0.1, 0.15) is 0 Å². The van der Waals surface area contributed by atoms with E-state index in [0.29, 0.717) is 17.9 Å². The molecule has 0 radical (unpaired) electrons. The van der Waals surface area contributed by atoms with Crippen LogP contribution < -0.4 is 5.73 Å². The van der Waals surface area contributed by atoms with Crippen LogP contribution in [0.15, 0.2) is 18.2 Å². The molecule has 70 valence electrons. The molecule has 0 aliphatic rings. The van der Waals surface area contributed by atoms with Gasteiger partial charge in [0.2, 0.25) is 0 Å². The topological polar surface area (TPSA) is 52.3 Å². The SMILES string of the molecule is COCc1cc(C(C)=O)ccc1N. The zero-order chi connectivity index (χ0) is 9.84. The third-order valence-corrected chi connectivity index (χ3v) is 1.85. The first-order chi connectivity index (χ1) is 6.15. The molecule has 2 N–H and O–H groups in total. The van der Waals surface area contributed by atoms with Crippen LogP contribution in [0.1, 0.15) is 22.8 Å². The Bertz CT molecular complexity index is 321. The van der Waals surface area contributed by atoms with Crippen LogP contribution in [0, 0.1) is 0 Å². The first kappa shape index (κ1) is 9.74. The van der Waals surface area contributed by atoms with Gasteiger partial charge in [-0.15, -0.1) is 0 Å². The van der Waals surface area contributed by atoms with Crippen molar-refractivity contribution in [1.29, 1.82) is 0 Å². The Morgan fingerprint density at radius 3 is 2.77 bits per heavy atom. The minimum absolute atomic E-state index is 0.0392. The quantitative estimate of drug-likeness (QED) is 0.566. The number of anilines is 1. The third kappa shape index (κ3) is 2.29. The summed E-state index contributed by atoms with van der Waals surface area (Å²) in [4.78, 5) is 11.0. The van der Waals surface area contributed by atoms with E-state index in [2.05, 4.69) is 0 Å². The van der Waals surface area contributed by atoms with E-state index in [0.717, 1.165) is 5.56 Å². The van der Waals surface area contributed by atoms with Gasteiger partial charge in [-0.25, -0.2) is 0 Å². The number of benzene rings is 1. The molecule has 0 bridgehead atoms. The Hall–Kier alpha value is -1.35. The highest BCUT2D eigenvalue weighted by molar-refractivity contribution is 5.94. The number of carbonyl (C=O) groups excluding carboxylic acids is 1. The largest absolute Gasteiger partial charge is 0.398 e. The number of nitrogens with two attached hydrogens (primary N) is 1. The second-order valence-corrected chi connectivity index (χ2v) is 2.90. The van der Waals surface area contributed by atoms with Crippen LogP contribution in [0.2, 0.25) is 0 Å². The lowest BCUT2D eigenvalue weighted by Crippen LogP contribution is -2.00. The van der Waals surface area contributed by atoms with Gasteiger partial charge in [0.05, 0.1) is 6.61 Å². The van der Waals surface area contributed by atoms with Crippen LogP contribution in [0.5, 0.6) is 0 Å². The van der Waals surface area contributed by atoms with Gasteiger partial charge < -0.3 is 10.5 Å². The number of carbonyl (C=O) groups is 1. The third-order valence-electron chi connectivity index (χ3n) is 1.85. The van der Waals surface area contributed by atoms with E-state index in [1.54, 1.807) is 25.3 Å². The van der Waals surface area contributed by atoms with Crippen molar-refractivity contribution >= 4 is 11.5 Å². The van der Waals surface area contributed by atoms with E-state index in [-0.39, 0.29) is 5.78 Å². The van der Waals surface area contributed by atoms with Crippen molar-refractivity contribution in [2.24, 2.45) is 0 Å². The number of hydrogen-bond acceptors (Lipinski definition) is 3. The molecule has 0 saturated carbocycles. The van der Waals surface area contributed by atoms with Crippen molar-refractivity contribution in [3.63, 3.8) is 0 Å². The standard InChI is InChI=1S/C10H13NO2/c1-7(12)8-3-4-10(11)9(5-8)6-13-2/h3-5H,6,11H2,1-2H3. The van der Waals surface area contributed by atoms with Gasteiger partial charge in [-0.2, -0.15) is 0 Å². The monoisotopic (exact) mass is 179 g/mol. The Balaban J connectivity index is 3.03. The van der Waals surface area contributed by atoms with Gasteiger partial charge in [-0.05, 0) is 25.1 Å². The van der Waals surface area contributed by atoms with Crippen LogP contribution in [-0.4, -0.2) is 12.9 Å². The maximum Gasteiger partial charge on any atom is 0.159 e. The summed E-state index contributed by atoms with van der Waals surface area (Å²) in [6.45, 7) is 1.97. The Morgan fingerprint density at radius 2 is 2.23 bits per heavy atom. The van der Waals surface area contributed by atoms with E-state index in [9.17, 15) is 4.79 Å². The van der Waals surface area contributed by atoms with E-state index in [4.69, 9.17) is 10.5 Å². The summed E-state index contributed by atoms with van der Waals surface area (Å²) in [5.41, 5.74) is 7.87. The Morgan fingerprint density at radius 1 is 1.54 bits per heavy atom. The molecule has 3 heteroatoms. The van der Waals surface area contributed by atoms with Crippen LogP contribution in [0.4, 0.5) is 5.69 Å². The fourth-order valence-electron chi connectivity index (χ4n) is 1.11. The van der Waals surface area contributed by atoms with Gasteiger partial charge in [-0.3, -0.25) is 4.79 Å². The molecule has 0 aliphatic carbocycles. The number of hydrogen-bond donors (Lipinski definition) is 1. The fraction of sp³-hybridized carbons (Fsp3) is 0.300. The molecule has 3 nitrogen and oxygen atoms in total. The van der Waals surface area contributed by atoms with E-state index >= 15 is 0 Å². The summed E-state index contributed by atoms with van der Waals surface area (Å²) in [6.07, 6.45) is 0. The number of ether oxygens (including phenoxy) is 1. The first-order valence-electron chi connectivity index (χ1n) is 4.03. The second-order valence-electron chi connectivity index (χ2n) is 2.90. The van der Waals surface area contributed by atoms with Crippen molar-refractivity contribution in [1.82, 2.24) is 0 Å². The molecule has 0 aliphatic heterocycles. The molecule has 0 amide bonds. The van der Waals surface area contributed by atoms with E-state index in [1.807, 2.05) is 0 Å². The highest BCUT2D eigenvalue weighted by Crippen LogP contribution is 2.15. The van der Waals surface area contributed by atoms with Gasteiger partial charge in [0.25, 0.3) is 0 Å². The molecule has 1 aromatic carbocycles. The van der Waals surface area contributed by atoms with Crippen molar-refractivity contribution in [2.75, 3.05) is 12.8 Å². The molecule has 0 unspecified atom stereocenters. The van der Waals surface area contributed by atoms with Gasteiger partial charge in [-0.1, -0.05) is 0 Å². The summed E-state index contributed by atoms with van der Waals surface area (Å²) in [5.74, 6) is 0.0392. The number of methoxy groups -OCH3 is 1. The summed E-state index contributed by atoms with van der Waals surface area (Å²) >= 11 is 0. The molecule has 0 fully saturated rings. The number of Topliss-reactive ketones (excluding diaryl/α,β-unsaturated/α-hetero) is 1. The number of nitrogen functional groups attached to an aromatic ring is 1. The summed E-state index contributed by atoms with van der Waals surface area (Å²) in [6, 6.07) is 5.21. The predicted molar refractivity (Wildman–Crippen MR) is 51.6 cm³/mol. The normalized spacial score (nSPS) is 10.0. The lowest BCUT2D eigenvalue weighted by molar-refractivity contribution is 0.101. The molecule has 13 heavy (non-hydrogen) atoms. The molecule has 0 saturated heterocycles. The highest BCUT2D eigenvalue weighted by atomic mass is 16.5. The average Bonchev–Trinajstić information content (AvgIpc) is 2.08. The summed E-state index contributed by atoms with van der Waals surface area (Å²) in [7, 11) is 1.60. The molecule has 1 aromatic rings. The summed E-state index contributed by atoms with van der Waals surface area (Å²) < 4.78 is 4.95. The van der Waals surface area contributed by atoms with Crippen molar-refractivity contribution in [3.8, 4) is 0 Å². The maximum atomic E-state index is 11.0. The summed E-state index contributed by atoms with van der Waals surface area (Å²) in [5, 5.41) is 0. The van der Waals surface area contributed by atoms with Crippen molar-refractivity contribution in [2.45, 2.75) is 13.5 Å². The second kappa shape index (κ2) is 4.05. The average molecular weight is 179 g/mol. The first-order valence-corrected chi connectivity index (χ1v) is 4.03. The van der Waals surface area contributed by atoms with Crippen molar-refractivity contribution < 1.29 is 9.53 Å². The maximum absolute atomic E-state index is 11.0. The Kier molecular flexibility index (Phi) is 3.03. The van der Waals surface area contributed by atoms with Gasteiger partial charge in [0.15, 0.2) is 5.78 Å². The lowest BCUT2D eigenvalue weighted by atomic mass is 10.1. The molecule has 0 spiro atoms. The molecular weight excluding hydrogens is 166 g/mol. The van der Waals surface area contributed by atoms with Crippen molar-refractivity contribution in [3.05, 3.63) is 29.3 Å². The molecule has 0 heterocycles. The number of ketones is 1. The zero-order valence-corrected chi connectivity index (χ0v) is 7.83. The number of rotatable bonds is 3. The van der Waals surface area contributed by atoms with E-state index < -0.39 is 0 Å². The van der Waals surface area contributed by atoms with E-state index in [1.165, 1.54) is 6.92 Å². The smallest absolute Gasteiger partial charge is 0.159 e. The molecular formula is C10H13NO2. The lowest BCUT2D eigenvalue weighted by Gasteiger charge is -2.05. The fourth-order valence-corrected chi connectivity index (χ4v) is 1.11. The highest BCUT2D eigenvalue weighted by Gasteiger charge is 2.03. The molecule has 1 rings (SSSR count). The Labute approximate surface area is 77.5 Å². The molecule has 0 aromatic heterocycles. The van der Waals surface area contributed by atoms with Crippen LogP contribution in [0.3, 0.4) is 0 Å². The van der Waals surface area contributed by atoms with Crippen LogP contribution in [0.25, 0.3) is 0 Å². The van der Waals surface area contributed by atoms with Crippen LogP contribution >= 0.6 is 0 Å². The van der Waals surface area contributed by atoms with Gasteiger partial charge >= 0.3 is 0 Å². The van der Waals surface area contributed by atoms with Gasteiger partial charge in [0, 0.05) is 23.9 Å². The van der Waals surface area contributed by atoms with Crippen LogP contribution in [-0.2, 0) is 11.3 Å². The minimum atomic E-state index is 0.0392. The molecule has 0 atom stereocenters. The minimum Gasteiger partial charge on any atom is -0.398 e. The zero-order valence-electron chi connectivity index (χ0n) is 7.83. The predicted octanol–water partition coefficient (Wildman–Crippen LogP) is 1.62.